The molecule has 0 radical (unpaired) electrons. The van der Waals surface area contributed by atoms with E-state index < -0.39 is 0 Å². The molecule has 0 saturated carbocycles. The van der Waals surface area contributed by atoms with Crippen molar-refractivity contribution in [2.45, 2.75) is 12.8 Å². The minimum atomic E-state index is 0.727. The van der Waals surface area contributed by atoms with Gasteiger partial charge in [0.05, 0.1) is 18.4 Å². The molecule has 0 unspecified atom stereocenters. The lowest BCUT2D eigenvalue weighted by molar-refractivity contribution is 0.236. The van der Waals surface area contributed by atoms with E-state index in [9.17, 15) is 0 Å². The van der Waals surface area contributed by atoms with E-state index in [1.807, 2.05) is 24.3 Å². The van der Waals surface area contributed by atoms with E-state index in [0.29, 0.717) is 0 Å². The second-order valence-corrected chi connectivity index (χ2v) is 7.84. The summed E-state index contributed by atoms with van der Waals surface area (Å²) >= 11 is 1.60. The second-order valence-electron chi connectivity index (χ2n) is 7.04. The summed E-state index contributed by atoms with van der Waals surface area (Å²) in [6.07, 6.45) is 2.20. The van der Waals surface area contributed by atoms with Gasteiger partial charge in [0.15, 0.2) is 11.5 Å². The number of unbranched alkanes of at least 4 members (excludes halogenated alkanes) is 1. The Morgan fingerprint density at radius 2 is 1.68 bits per heavy atom. The van der Waals surface area contributed by atoms with Crippen molar-refractivity contribution in [3.63, 3.8) is 0 Å². The molecule has 0 spiro atoms. The van der Waals surface area contributed by atoms with Gasteiger partial charge >= 0.3 is 0 Å². The van der Waals surface area contributed by atoms with Crippen LogP contribution in [0.4, 0.5) is 5.82 Å². The molecule has 6 heteroatoms. The highest BCUT2D eigenvalue weighted by Crippen LogP contribution is 2.30. The number of hydrogen-bond acceptors (Lipinski definition) is 6. The Hall–Kier alpha value is -2.31. The van der Waals surface area contributed by atoms with Gasteiger partial charge < -0.3 is 14.4 Å². The van der Waals surface area contributed by atoms with E-state index in [4.69, 9.17) is 13.8 Å². The third-order valence-corrected chi connectivity index (χ3v) is 6.04. The maximum absolute atomic E-state index is 5.87. The first kappa shape index (κ1) is 19.0. The van der Waals surface area contributed by atoms with Crippen LogP contribution in [0.3, 0.4) is 0 Å². The summed E-state index contributed by atoms with van der Waals surface area (Å²) in [5.74, 6) is 2.78. The average molecular weight is 398 g/mol. The molecule has 5 nitrogen and oxygen atoms in total. The number of benzene rings is 2. The molecule has 148 valence electrons. The van der Waals surface area contributed by atoms with E-state index >= 15 is 0 Å². The van der Waals surface area contributed by atoms with Crippen molar-refractivity contribution in [3.8, 4) is 11.5 Å². The van der Waals surface area contributed by atoms with E-state index in [1.165, 1.54) is 10.1 Å². The van der Waals surface area contributed by atoms with Gasteiger partial charge in [-0.2, -0.15) is 4.37 Å². The second kappa shape index (κ2) is 9.26. The number of rotatable bonds is 8. The van der Waals surface area contributed by atoms with Crippen molar-refractivity contribution in [1.82, 2.24) is 9.27 Å². The molecule has 2 heterocycles. The standard InChI is InChI=1S/C22H27N3O2S/c1-26-19-9-3-4-10-20(19)27-17-7-6-12-24-13-15-25(16-14-24)22-18-8-2-5-11-21(18)28-23-22/h2-5,8-11H,6-7,12-17H2,1H3. The van der Waals surface area contributed by atoms with Crippen LogP contribution in [0, 0.1) is 0 Å². The summed E-state index contributed by atoms with van der Waals surface area (Å²) in [6.45, 7) is 6.14. The van der Waals surface area contributed by atoms with Crippen LogP contribution in [0.1, 0.15) is 12.8 Å². The van der Waals surface area contributed by atoms with Gasteiger partial charge in [0, 0.05) is 31.6 Å². The lowest BCUT2D eigenvalue weighted by Gasteiger charge is -2.35. The molecule has 0 amide bonds. The Bertz CT molecular complexity index is 890. The zero-order valence-corrected chi connectivity index (χ0v) is 17.2. The maximum atomic E-state index is 5.87. The lowest BCUT2D eigenvalue weighted by Crippen LogP contribution is -2.46. The first-order chi connectivity index (χ1) is 13.8. The zero-order chi connectivity index (χ0) is 19.2. The summed E-state index contributed by atoms with van der Waals surface area (Å²) < 4.78 is 17.2. The first-order valence-electron chi connectivity index (χ1n) is 9.92. The van der Waals surface area contributed by atoms with Crippen LogP contribution in [-0.2, 0) is 0 Å². The van der Waals surface area contributed by atoms with E-state index in [1.54, 1.807) is 18.6 Å². The third-order valence-electron chi connectivity index (χ3n) is 5.23. The highest BCUT2D eigenvalue weighted by molar-refractivity contribution is 7.13. The smallest absolute Gasteiger partial charge is 0.161 e. The molecule has 1 aliphatic heterocycles. The quantitative estimate of drug-likeness (QED) is 0.530. The van der Waals surface area contributed by atoms with Crippen molar-refractivity contribution >= 4 is 27.4 Å². The number of piperazine rings is 1. The fraction of sp³-hybridized carbons (Fsp3) is 0.409. The highest BCUT2D eigenvalue weighted by Gasteiger charge is 2.20. The van der Waals surface area contributed by atoms with Crippen molar-refractivity contribution in [2.75, 3.05) is 51.3 Å². The van der Waals surface area contributed by atoms with Crippen molar-refractivity contribution < 1.29 is 9.47 Å². The van der Waals surface area contributed by atoms with Gasteiger partial charge in [0.2, 0.25) is 0 Å². The normalized spacial score (nSPS) is 15.1. The van der Waals surface area contributed by atoms with Crippen LogP contribution in [0.2, 0.25) is 0 Å². The largest absolute Gasteiger partial charge is 0.493 e. The lowest BCUT2D eigenvalue weighted by atomic mass is 10.2. The number of nitrogens with zero attached hydrogens (tertiary/aromatic N) is 3. The Kier molecular flexibility index (Phi) is 6.29. The van der Waals surface area contributed by atoms with E-state index in [-0.39, 0.29) is 0 Å². The molecule has 0 aliphatic carbocycles. The van der Waals surface area contributed by atoms with Crippen LogP contribution in [0.25, 0.3) is 10.1 Å². The molecule has 1 fully saturated rings. The number of hydrogen-bond donors (Lipinski definition) is 0. The summed E-state index contributed by atoms with van der Waals surface area (Å²) in [5, 5.41) is 1.29. The maximum Gasteiger partial charge on any atom is 0.161 e. The number of aromatic nitrogens is 1. The Morgan fingerprint density at radius 1 is 0.929 bits per heavy atom. The average Bonchev–Trinajstić information content (AvgIpc) is 3.18. The van der Waals surface area contributed by atoms with Gasteiger partial charge in [-0.15, -0.1) is 0 Å². The first-order valence-corrected chi connectivity index (χ1v) is 10.7. The van der Waals surface area contributed by atoms with Gasteiger partial charge in [-0.1, -0.05) is 24.3 Å². The summed E-state index contributed by atoms with van der Waals surface area (Å²) in [4.78, 5) is 4.98. The fourth-order valence-electron chi connectivity index (χ4n) is 3.64. The molecular weight excluding hydrogens is 370 g/mol. The topological polar surface area (TPSA) is 37.8 Å². The van der Waals surface area contributed by atoms with E-state index in [0.717, 1.165) is 69.5 Å². The zero-order valence-electron chi connectivity index (χ0n) is 16.3. The van der Waals surface area contributed by atoms with Crippen molar-refractivity contribution in [2.24, 2.45) is 0 Å². The van der Waals surface area contributed by atoms with Gasteiger partial charge in [-0.25, -0.2) is 0 Å². The summed E-state index contributed by atoms with van der Waals surface area (Å²) in [6, 6.07) is 16.3. The van der Waals surface area contributed by atoms with Crippen LogP contribution < -0.4 is 14.4 Å². The Morgan fingerprint density at radius 3 is 2.50 bits per heavy atom. The van der Waals surface area contributed by atoms with Gasteiger partial charge in [-0.3, -0.25) is 4.90 Å². The SMILES string of the molecule is COc1ccccc1OCCCCN1CCN(c2nsc3ccccc23)CC1. The summed E-state index contributed by atoms with van der Waals surface area (Å²) in [5.41, 5.74) is 0. The molecule has 1 saturated heterocycles. The third kappa shape index (κ3) is 4.39. The molecule has 0 bridgehead atoms. The van der Waals surface area contributed by atoms with E-state index in [2.05, 4.69) is 34.1 Å². The minimum Gasteiger partial charge on any atom is -0.493 e. The van der Waals surface area contributed by atoms with Crippen molar-refractivity contribution in [3.05, 3.63) is 48.5 Å². The monoisotopic (exact) mass is 397 g/mol. The summed E-state index contributed by atoms with van der Waals surface area (Å²) in [7, 11) is 1.68. The fourth-order valence-corrected chi connectivity index (χ4v) is 4.44. The molecule has 0 N–H and O–H groups in total. The molecule has 3 aromatic rings. The number of methoxy groups -OCH3 is 1. The number of para-hydroxylation sites is 2. The molecule has 2 aromatic carbocycles. The van der Waals surface area contributed by atoms with Crippen LogP contribution >= 0.6 is 11.5 Å². The number of fused-ring (bicyclic) bond motifs is 1. The molecule has 1 aromatic heterocycles. The molecular formula is C22H27N3O2S. The molecule has 28 heavy (non-hydrogen) atoms. The Balaban J connectivity index is 1.18. The number of ether oxygens (including phenoxy) is 2. The predicted octanol–water partition coefficient (Wildman–Crippen LogP) is 4.29. The molecule has 0 atom stereocenters. The van der Waals surface area contributed by atoms with Gasteiger partial charge in [-0.05, 0) is 55.2 Å². The minimum absolute atomic E-state index is 0.727. The van der Waals surface area contributed by atoms with Gasteiger partial charge in [0.25, 0.3) is 0 Å². The van der Waals surface area contributed by atoms with Crippen molar-refractivity contribution in [1.29, 1.82) is 0 Å². The number of anilines is 1. The molecule has 1 aliphatic rings. The Labute approximate surface area is 170 Å². The van der Waals surface area contributed by atoms with Crippen LogP contribution in [-0.4, -0.2) is 55.7 Å². The highest BCUT2D eigenvalue weighted by atomic mass is 32.1. The molecule has 4 rings (SSSR count). The van der Waals surface area contributed by atoms with Crippen LogP contribution in [0.15, 0.2) is 48.5 Å². The van der Waals surface area contributed by atoms with Gasteiger partial charge in [0.1, 0.15) is 5.82 Å². The predicted molar refractivity (Wildman–Crippen MR) is 116 cm³/mol. The van der Waals surface area contributed by atoms with Crippen LogP contribution in [0.5, 0.6) is 11.5 Å².